The highest BCUT2D eigenvalue weighted by Crippen LogP contribution is 2.36. The number of nitrogens with zero attached hydrogens (tertiary/aromatic N) is 3. The standard InChI is InChI=1S/C13H13N5OS/c1-8-16-10(19-17-8)7-15-13-11(12(14)18-20-13)9-5-3-2-4-6-9/h2-6,15H,7H2,1H3,(H2,14,18). The first-order valence-electron chi connectivity index (χ1n) is 6.07. The third-order valence-electron chi connectivity index (χ3n) is 2.75. The fourth-order valence-corrected chi connectivity index (χ4v) is 2.61. The smallest absolute Gasteiger partial charge is 0.245 e. The Labute approximate surface area is 119 Å². The van der Waals surface area contributed by atoms with Gasteiger partial charge in [0.05, 0.1) is 12.1 Å². The van der Waals surface area contributed by atoms with Crippen LogP contribution in [0, 0.1) is 6.92 Å². The summed E-state index contributed by atoms with van der Waals surface area (Å²) in [6.45, 7) is 2.23. The van der Waals surface area contributed by atoms with Crippen LogP contribution >= 0.6 is 11.5 Å². The van der Waals surface area contributed by atoms with Crippen LogP contribution in [0.15, 0.2) is 34.9 Å². The van der Waals surface area contributed by atoms with Crippen molar-refractivity contribution >= 4 is 22.4 Å². The molecule has 0 aliphatic carbocycles. The highest BCUT2D eigenvalue weighted by atomic mass is 32.1. The molecule has 0 saturated heterocycles. The first-order chi connectivity index (χ1) is 9.74. The monoisotopic (exact) mass is 287 g/mol. The van der Waals surface area contributed by atoms with Crippen molar-refractivity contribution in [1.29, 1.82) is 0 Å². The number of aryl methyl sites for hydroxylation is 1. The lowest BCUT2D eigenvalue weighted by Crippen LogP contribution is -1.99. The molecule has 1 aromatic carbocycles. The predicted octanol–water partition coefficient (Wildman–Crippen LogP) is 2.70. The van der Waals surface area contributed by atoms with E-state index in [1.807, 2.05) is 30.3 Å². The molecule has 0 atom stereocenters. The molecule has 0 spiro atoms. The topological polar surface area (TPSA) is 89.9 Å². The second kappa shape index (κ2) is 5.30. The average molecular weight is 287 g/mol. The van der Waals surface area contributed by atoms with Crippen molar-refractivity contribution in [3.05, 3.63) is 42.0 Å². The van der Waals surface area contributed by atoms with Crippen LogP contribution in [0.5, 0.6) is 0 Å². The van der Waals surface area contributed by atoms with Crippen molar-refractivity contribution in [2.45, 2.75) is 13.5 Å². The molecule has 3 aromatic rings. The number of nitrogen functional groups attached to an aromatic ring is 1. The van der Waals surface area contributed by atoms with Gasteiger partial charge in [-0.25, -0.2) is 0 Å². The molecule has 0 fully saturated rings. The number of hydrogen-bond donors (Lipinski definition) is 2. The second-order valence-electron chi connectivity index (χ2n) is 4.23. The van der Waals surface area contributed by atoms with Crippen molar-refractivity contribution < 1.29 is 4.52 Å². The maximum Gasteiger partial charge on any atom is 0.245 e. The highest BCUT2D eigenvalue weighted by Gasteiger charge is 2.14. The zero-order chi connectivity index (χ0) is 13.9. The van der Waals surface area contributed by atoms with Crippen molar-refractivity contribution in [2.75, 3.05) is 11.1 Å². The van der Waals surface area contributed by atoms with E-state index in [0.717, 1.165) is 16.1 Å². The maximum absolute atomic E-state index is 5.95. The summed E-state index contributed by atoms with van der Waals surface area (Å²) in [6, 6.07) is 9.91. The van der Waals surface area contributed by atoms with Gasteiger partial charge in [0.15, 0.2) is 5.82 Å². The van der Waals surface area contributed by atoms with Gasteiger partial charge in [-0.15, -0.1) is 0 Å². The van der Waals surface area contributed by atoms with E-state index >= 15 is 0 Å². The molecule has 6 nitrogen and oxygen atoms in total. The first kappa shape index (κ1) is 12.6. The SMILES string of the molecule is Cc1noc(CNc2snc(N)c2-c2ccccc2)n1. The number of anilines is 2. The van der Waals surface area contributed by atoms with Gasteiger partial charge in [0.25, 0.3) is 0 Å². The minimum Gasteiger partial charge on any atom is -0.382 e. The van der Waals surface area contributed by atoms with Crippen molar-refractivity contribution in [3.8, 4) is 11.1 Å². The summed E-state index contributed by atoms with van der Waals surface area (Å²) in [7, 11) is 0. The van der Waals surface area contributed by atoms with Gasteiger partial charge >= 0.3 is 0 Å². The van der Waals surface area contributed by atoms with Crippen LogP contribution in [0.25, 0.3) is 11.1 Å². The van der Waals surface area contributed by atoms with E-state index in [2.05, 4.69) is 19.8 Å². The largest absolute Gasteiger partial charge is 0.382 e. The zero-order valence-electron chi connectivity index (χ0n) is 10.8. The molecule has 2 aromatic heterocycles. The van der Waals surface area contributed by atoms with E-state index in [0.29, 0.717) is 24.1 Å². The maximum atomic E-state index is 5.95. The Bertz CT molecular complexity index is 707. The second-order valence-corrected chi connectivity index (χ2v) is 5.00. The van der Waals surface area contributed by atoms with Gasteiger partial charge in [0.1, 0.15) is 10.8 Å². The summed E-state index contributed by atoms with van der Waals surface area (Å²) in [5, 5.41) is 7.89. The lowest BCUT2D eigenvalue weighted by Gasteiger charge is -2.05. The first-order valence-corrected chi connectivity index (χ1v) is 6.85. The quantitative estimate of drug-likeness (QED) is 0.766. The van der Waals surface area contributed by atoms with E-state index in [9.17, 15) is 0 Å². The van der Waals surface area contributed by atoms with E-state index in [1.54, 1.807) is 6.92 Å². The molecular formula is C13H13N5OS. The van der Waals surface area contributed by atoms with Crippen LogP contribution in [0.4, 0.5) is 10.8 Å². The molecule has 2 heterocycles. The summed E-state index contributed by atoms with van der Waals surface area (Å²) in [6.07, 6.45) is 0. The zero-order valence-corrected chi connectivity index (χ0v) is 11.6. The van der Waals surface area contributed by atoms with Gasteiger partial charge in [0.2, 0.25) is 5.89 Å². The van der Waals surface area contributed by atoms with Gasteiger partial charge in [-0.1, -0.05) is 35.5 Å². The highest BCUT2D eigenvalue weighted by molar-refractivity contribution is 7.11. The van der Waals surface area contributed by atoms with Crippen molar-refractivity contribution in [3.63, 3.8) is 0 Å². The van der Waals surface area contributed by atoms with Crippen LogP contribution in [-0.4, -0.2) is 14.5 Å². The number of rotatable bonds is 4. The molecule has 102 valence electrons. The molecule has 7 heteroatoms. The Morgan fingerprint density at radius 1 is 1.30 bits per heavy atom. The summed E-state index contributed by atoms with van der Waals surface area (Å²) >= 11 is 1.32. The lowest BCUT2D eigenvalue weighted by atomic mass is 10.1. The van der Waals surface area contributed by atoms with E-state index in [1.165, 1.54) is 11.5 Å². The molecule has 0 unspecified atom stereocenters. The van der Waals surface area contributed by atoms with Gasteiger partial charge in [-0.2, -0.15) is 9.36 Å². The van der Waals surface area contributed by atoms with E-state index in [-0.39, 0.29) is 0 Å². The van der Waals surface area contributed by atoms with E-state index in [4.69, 9.17) is 10.3 Å². The summed E-state index contributed by atoms with van der Waals surface area (Å²) < 4.78 is 9.27. The van der Waals surface area contributed by atoms with Crippen LogP contribution in [0.2, 0.25) is 0 Å². The molecule has 3 N–H and O–H groups in total. The van der Waals surface area contributed by atoms with E-state index < -0.39 is 0 Å². The van der Waals surface area contributed by atoms with Gasteiger partial charge < -0.3 is 15.6 Å². The third-order valence-corrected chi connectivity index (χ3v) is 3.57. The Kier molecular flexibility index (Phi) is 3.34. The summed E-state index contributed by atoms with van der Waals surface area (Å²) in [5.74, 6) is 1.67. The summed E-state index contributed by atoms with van der Waals surface area (Å²) in [4.78, 5) is 4.15. The Morgan fingerprint density at radius 2 is 2.10 bits per heavy atom. The molecule has 0 radical (unpaired) electrons. The minimum atomic E-state index is 0.447. The van der Waals surface area contributed by atoms with Crippen LogP contribution < -0.4 is 11.1 Å². The number of benzene rings is 1. The van der Waals surface area contributed by atoms with Gasteiger partial charge in [-0.05, 0) is 24.0 Å². The Hall–Kier alpha value is -2.41. The van der Waals surface area contributed by atoms with Crippen molar-refractivity contribution in [2.24, 2.45) is 0 Å². The summed E-state index contributed by atoms with van der Waals surface area (Å²) in [5.41, 5.74) is 7.89. The minimum absolute atomic E-state index is 0.447. The fourth-order valence-electron chi connectivity index (χ4n) is 1.87. The molecule has 20 heavy (non-hydrogen) atoms. The number of nitrogens with two attached hydrogens (primary N) is 1. The third kappa shape index (κ3) is 2.48. The van der Waals surface area contributed by atoms with Crippen molar-refractivity contribution in [1.82, 2.24) is 14.5 Å². The molecular weight excluding hydrogens is 274 g/mol. The number of nitrogens with one attached hydrogen (secondary N) is 1. The van der Waals surface area contributed by atoms with Crippen LogP contribution in [0.1, 0.15) is 11.7 Å². The average Bonchev–Trinajstić information content (AvgIpc) is 3.03. The Balaban J connectivity index is 1.84. The molecule has 0 bridgehead atoms. The molecule has 0 aliphatic rings. The van der Waals surface area contributed by atoms with Crippen LogP contribution in [-0.2, 0) is 6.54 Å². The number of aromatic nitrogens is 3. The molecule has 0 amide bonds. The van der Waals surface area contributed by atoms with Crippen LogP contribution in [0.3, 0.4) is 0 Å². The van der Waals surface area contributed by atoms with Gasteiger partial charge in [0, 0.05) is 0 Å². The fraction of sp³-hybridized carbons (Fsp3) is 0.154. The lowest BCUT2D eigenvalue weighted by molar-refractivity contribution is 0.379. The van der Waals surface area contributed by atoms with Gasteiger partial charge in [-0.3, -0.25) is 0 Å². The predicted molar refractivity (Wildman–Crippen MR) is 78.3 cm³/mol. The Morgan fingerprint density at radius 3 is 2.80 bits per heavy atom. The normalized spacial score (nSPS) is 10.7. The molecule has 0 saturated carbocycles. The molecule has 3 rings (SSSR count). The number of hydrogen-bond acceptors (Lipinski definition) is 7. The molecule has 0 aliphatic heterocycles.